The molecule has 0 spiro atoms. The second-order valence-electron chi connectivity index (χ2n) is 7.88. The summed E-state index contributed by atoms with van der Waals surface area (Å²) in [6.45, 7) is 12.0. The van der Waals surface area contributed by atoms with E-state index in [0.29, 0.717) is 24.6 Å². The Kier molecular flexibility index (Phi) is 5.00. The van der Waals surface area contributed by atoms with Gasteiger partial charge in [-0.3, -0.25) is 4.68 Å². The molecule has 3 atom stereocenters. The van der Waals surface area contributed by atoms with E-state index in [-0.39, 0.29) is 5.41 Å². The molecule has 1 aliphatic rings. The van der Waals surface area contributed by atoms with E-state index in [4.69, 9.17) is 4.74 Å². The number of ether oxygens (including phenoxy) is 1. The second-order valence-corrected chi connectivity index (χ2v) is 7.88. The summed E-state index contributed by atoms with van der Waals surface area (Å²) in [5.74, 6) is 0.564. The fraction of sp³-hybridized carbons (Fsp3) is 0.824. The van der Waals surface area contributed by atoms with E-state index in [0.717, 1.165) is 18.6 Å². The Morgan fingerprint density at radius 3 is 2.73 bits per heavy atom. The van der Waals surface area contributed by atoms with E-state index in [9.17, 15) is 5.11 Å². The molecule has 0 saturated heterocycles. The molecule has 1 saturated carbocycles. The number of nitrogens with one attached hydrogen (secondary N) is 1. The number of nitrogens with zero attached hydrogens (tertiary/aromatic N) is 2. The highest BCUT2D eigenvalue weighted by Crippen LogP contribution is 2.43. The van der Waals surface area contributed by atoms with Crippen molar-refractivity contribution in [3.8, 4) is 0 Å². The van der Waals surface area contributed by atoms with Gasteiger partial charge in [-0.15, -0.1) is 0 Å². The molecule has 0 amide bonds. The van der Waals surface area contributed by atoms with Gasteiger partial charge in [0, 0.05) is 43.4 Å². The molecule has 22 heavy (non-hydrogen) atoms. The SMILES string of the molecule is CC(C)COC1CC(NCC(C)(O)c2cnn(C)c2)C1(C)C. The zero-order valence-electron chi connectivity index (χ0n) is 14.8. The van der Waals surface area contributed by atoms with Crippen LogP contribution < -0.4 is 5.32 Å². The van der Waals surface area contributed by atoms with Crippen LogP contribution in [0.1, 0.15) is 46.6 Å². The molecular weight excluding hydrogens is 278 g/mol. The first-order valence-corrected chi connectivity index (χ1v) is 8.19. The topological polar surface area (TPSA) is 59.3 Å². The van der Waals surface area contributed by atoms with Crippen molar-refractivity contribution in [1.82, 2.24) is 15.1 Å². The second kappa shape index (κ2) is 6.30. The molecule has 1 fully saturated rings. The predicted octanol–water partition coefficient (Wildman–Crippen LogP) is 2.06. The maximum absolute atomic E-state index is 10.6. The molecule has 1 aromatic heterocycles. The van der Waals surface area contributed by atoms with Gasteiger partial charge < -0.3 is 15.2 Å². The molecule has 2 rings (SSSR count). The van der Waals surface area contributed by atoms with Crippen LogP contribution >= 0.6 is 0 Å². The molecule has 5 heteroatoms. The molecule has 0 radical (unpaired) electrons. The molecule has 5 nitrogen and oxygen atoms in total. The van der Waals surface area contributed by atoms with Crippen LogP contribution in [0.2, 0.25) is 0 Å². The van der Waals surface area contributed by atoms with Gasteiger partial charge in [-0.2, -0.15) is 5.10 Å². The number of aliphatic hydroxyl groups is 1. The van der Waals surface area contributed by atoms with Crippen molar-refractivity contribution < 1.29 is 9.84 Å². The monoisotopic (exact) mass is 309 g/mol. The summed E-state index contributed by atoms with van der Waals surface area (Å²) in [6, 6.07) is 0.368. The lowest BCUT2D eigenvalue weighted by Crippen LogP contribution is -2.62. The van der Waals surface area contributed by atoms with Gasteiger partial charge in [0.1, 0.15) is 5.60 Å². The van der Waals surface area contributed by atoms with Gasteiger partial charge in [0.15, 0.2) is 0 Å². The maximum Gasteiger partial charge on any atom is 0.102 e. The van der Waals surface area contributed by atoms with Crippen LogP contribution in [-0.4, -0.2) is 40.2 Å². The van der Waals surface area contributed by atoms with Crippen LogP contribution in [0.4, 0.5) is 0 Å². The number of rotatable bonds is 7. The van der Waals surface area contributed by atoms with Gasteiger partial charge in [0.05, 0.1) is 12.3 Å². The normalized spacial score (nSPS) is 26.7. The lowest BCUT2D eigenvalue weighted by molar-refractivity contribution is -0.127. The fourth-order valence-electron chi connectivity index (χ4n) is 2.95. The standard InChI is InChI=1S/C17H31N3O2/c1-12(2)10-22-15-7-14(16(15,3)4)18-11-17(5,21)13-8-19-20(6)9-13/h8-9,12,14-15,18,21H,7,10-11H2,1-6H3. The molecule has 2 N–H and O–H groups in total. The minimum absolute atomic E-state index is 0.0971. The summed E-state index contributed by atoms with van der Waals surface area (Å²) >= 11 is 0. The van der Waals surface area contributed by atoms with Gasteiger partial charge in [0.2, 0.25) is 0 Å². The average Bonchev–Trinajstić information content (AvgIpc) is 2.84. The van der Waals surface area contributed by atoms with Crippen molar-refractivity contribution >= 4 is 0 Å². The Bertz CT molecular complexity index is 494. The lowest BCUT2D eigenvalue weighted by Gasteiger charge is -2.52. The summed E-state index contributed by atoms with van der Waals surface area (Å²) in [6.07, 6.45) is 4.89. The molecule has 1 heterocycles. The van der Waals surface area contributed by atoms with Crippen LogP contribution in [0.5, 0.6) is 0 Å². The highest BCUT2D eigenvalue weighted by Gasteiger charge is 2.49. The van der Waals surface area contributed by atoms with Gasteiger partial charge in [0.25, 0.3) is 0 Å². The molecule has 0 bridgehead atoms. The van der Waals surface area contributed by atoms with Gasteiger partial charge in [-0.05, 0) is 19.3 Å². The van der Waals surface area contributed by atoms with Gasteiger partial charge >= 0.3 is 0 Å². The first-order chi connectivity index (χ1) is 10.1. The summed E-state index contributed by atoms with van der Waals surface area (Å²) < 4.78 is 7.70. The van der Waals surface area contributed by atoms with Crippen LogP contribution in [0.25, 0.3) is 0 Å². The third-order valence-electron chi connectivity index (χ3n) is 4.83. The van der Waals surface area contributed by atoms with Crippen molar-refractivity contribution in [2.75, 3.05) is 13.2 Å². The van der Waals surface area contributed by atoms with Crippen molar-refractivity contribution in [2.24, 2.45) is 18.4 Å². The molecule has 0 aliphatic heterocycles. The van der Waals surface area contributed by atoms with E-state index in [1.807, 2.05) is 20.2 Å². The zero-order chi connectivity index (χ0) is 16.5. The van der Waals surface area contributed by atoms with E-state index in [1.165, 1.54) is 0 Å². The Labute approximate surface area is 134 Å². The van der Waals surface area contributed by atoms with Crippen molar-refractivity contribution in [3.63, 3.8) is 0 Å². The lowest BCUT2D eigenvalue weighted by atomic mass is 9.64. The Balaban J connectivity index is 1.85. The Morgan fingerprint density at radius 1 is 1.55 bits per heavy atom. The Hall–Kier alpha value is -0.910. The van der Waals surface area contributed by atoms with E-state index in [2.05, 4.69) is 38.1 Å². The zero-order valence-corrected chi connectivity index (χ0v) is 14.8. The molecule has 1 aliphatic carbocycles. The average molecular weight is 309 g/mol. The van der Waals surface area contributed by atoms with Gasteiger partial charge in [-0.1, -0.05) is 27.7 Å². The molecular formula is C17H31N3O2. The minimum atomic E-state index is -0.909. The largest absolute Gasteiger partial charge is 0.384 e. The highest BCUT2D eigenvalue weighted by molar-refractivity contribution is 5.15. The molecule has 1 aromatic rings. The van der Waals surface area contributed by atoms with E-state index in [1.54, 1.807) is 10.9 Å². The van der Waals surface area contributed by atoms with Crippen LogP contribution in [0.3, 0.4) is 0 Å². The van der Waals surface area contributed by atoms with Crippen molar-refractivity contribution in [3.05, 3.63) is 18.0 Å². The highest BCUT2D eigenvalue weighted by atomic mass is 16.5. The first kappa shape index (κ1) is 17.4. The van der Waals surface area contributed by atoms with E-state index < -0.39 is 5.60 Å². The minimum Gasteiger partial charge on any atom is -0.384 e. The number of hydrogen-bond acceptors (Lipinski definition) is 4. The smallest absolute Gasteiger partial charge is 0.102 e. The molecule has 3 unspecified atom stereocenters. The molecule has 126 valence electrons. The molecule has 0 aromatic carbocycles. The summed E-state index contributed by atoms with van der Waals surface area (Å²) in [5, 5.41) is 18.3. The van der Waals surface area contributed by atoms with Crippen molar-refractivity contribution in [1.29, 1.82) is 0 Å². The van der Waals surface area contributed by atoms with Crippen LogP contribution in [0, 0.1) is 11.3 Å². The number of aryl methyl sites for hydroxylation is 1. The number of hydrogen-bond donors (Lipinski definition) is 2. The van der Waals surface area contributed by atoms with Crippen LogP contribution in [-0.2, 0) is 17.4 Å². The predicted molar refractivity (Wildman–Crippen MR) is 87.5 cm³/mol. The summed E-state index contributed by atoms with van der Waals surface area (Å²) in [5.41, 5.74) is 0.0286. The summed E-state index contributed by atoms with van der Waals surface area (Å²) in [7, 11) is 1.86. The third kappa shape index (κ3) is 3.70. The van der Waals surface area contributed by atoms with Crippen LogP contribution in [0.15, 0.2) is 12.4 Å². The quantitative estimate of drug-likeness (QED) is 0.809. The fourth-order valence-corrected chi connectivity index (χ4v) is 2.95. The third-order valence-corrected chi connectivity index (χ3v) is 4.83. The van der Waals surface area contributed by atoms with E-state index >= 15 is 0 Å². The van der Waals surface area contributed by atoms with Gasteiger partial charge in [-0.25, -0.2) is 0 Å². The first-order valence-electron chi connectivity index (χ1n) is 8.19. The maximum atomic E-state index is 10.6. The van der Waals surface area contributed by atoms with Crippen molar-refractivity contribution in [2.45, 2.75) is 58.8 Å². The summed E-state index contributed by atoms with van der Waals surface area (Å²) in [4.78, 5) is 0. The Morgan fingerprint density at radius 2 is 2.23 bits per heavy atom. The number of aromatic nitrogens is 2.